The molecule has 0 atom stereocenters. The summed E-state index contributed by atoms with van der Waals surface area (Å²) in [6.45, 7) is 0.0580. The fourth-order valence-corrected chi connectivity index (χ4v) is 2.66. The second-order valence-corrected chi connectivity index (χ2v) is 6.29. The molecule has 0 spiro atoms. The van der Waals surface area contributed by atoms with Gasteiger partial charge in [0.1, 0.15) is 11.5 Å². The molecule has 1 amide bonds. The van der Waals surface area contributed by atoms with Crippen molar-refractivity contribution in [1.29, 1.82) is 0 Å². The third kappa shape index (κ3) is 6.01. The molecule has 3 nitrogen and oxygen atoms in total. The van der Waals surface area contributed by atoms with Crippen molar-refractivity contribution < 1.29 is 22.4 Å². The summed E-state index contributed by atoms with van der Waals surface area (Å²) in [7, 11) is 0. The number of nitrogens with one attached hydrogen (secondary N) is 1. The van der Waals surface area contributed by atoms with Gasteiger partial charge in [-0.15, -0.1) is 0 Å². The SMILES string of the molecule is O=C(CCc1ccc(-c2ccccc2)o1)NCC#Cc1cccc(C(F)(F)F)c1. The lowest BCUT2D eigenvalue weighted by molar-refractivity contribution is -0.137. The molecule has 0 fully saturated rings. The number of aryl methyl sites for hydroxylation is 1. The molecule has 3 aromatic rings. The molecule has 0 bridgehead atoms. The first-order valence-electron chi connectivity index (χ1n) is 8.99. The molecule has 0 aliphatic rings. The van der Waals surface area contributed by atoms with Crippen LogP contribution in [-0.2, 0) is 17.4 Å². The monoisotopic (exact) mass is 397 g/mol. The number of alkyl halides is 3. The summed E-state index contributed by atoms with van der Waals surface area (Å²) in [5, 5.41) is 2.63. The van der Waals surface area contributed by atoms with Crippen molar-refractivity contribution >= 4 is 5.91 Å². The van der Waals surface area contributed by atoms with Gasteiger partial charge in [-0.05, 0) is 30.3 Å². The van der Waals surface area contributed by atoms with Gasteiger partial charge < -0.3 is 9.73 Å². The predicted octanol–water partition coefficient (Wildman–Crippen LogP) is 5.07. The second-order valence-electron chi connectivity index (χ2n) is 6.29. The van der Waals surface area contributed by atoms with Crippen molar-refractivity contribution in [1.82, 2.24) is 5.32 Å². The quantitative estimate of drug-likeness (QED) is 0.611. The van der Waals surface area contributed by atoms with E-state index in [1.165, 1.54) is 12.1 Å². The van der Waals surface area contributed by atoms with E-state index in [4.69, 9.17) is 4.42 Å². The Labute approximate surface area is 166 Å². The van der Waals surface area contributed by atoms with Gasteiger partial charge in [0.25, 0.3) is 0 Å². The largest absolute Gasteiger partial charge is 0.461 e. The molecule has 1 aromatic heterocycles. The van der Waals surface area contributed by atoms with Crippen LogP contribution in [0.15, 0.2) is 71.1 Å². The van der Waals surface area contributed by atoms with Crippen molar-refractivity contribution in [2.24, 2.45) is 0 Å². The zero-order valence-corrected chi connectivity index (χ0v) is 15.4. The van der Waals surface area contributed by atoms with Gasteiger partial charge >= 0.3 is 6.18 Å². The van der Waals surface area contributed by atoms with Crippen LogP contribution in [-0.4, -0.2) is 12.5 Å². The van der Waals surface area contributed by atoms with Gasteiger partial charge in [0.15, 0.2) is 0 Å². The van der Waals surface area contributed by atoms with Crippen LogP contribution in [0.5, 0.6) is 0 Å². The molecule has 1 heterocycles. The van der Waals surface area contributed by atoms with Crippen LogP contribution in [0.2, 0.25) is 0 Å². The third-order valence-electron chi connectivity index (χ3n) is 4.11. The highest BCUT2D eigenvalue weighted by molar-refractivity contribution is 5.76. The first-order valence-corrected chi connectivity index (χ1v) is 8.99. The highest BCUT2D eigenvalue weighted by atomic mass is 19.4. The number of hydrogen-bond acceptors (Lipinski definition) is 2. The van der Waals surface area contributed by atoms with E-state index in [9.17, 15) is 18.0 Å². The first-order chi connectivity index (χ1) is 13.9. The average Bonchev–Trinajstić information content (AvgIpc) is 3.19. The Hall–Kier alpha value is -3.46. The molecule has 29 heavy (non-hydrogen) atoms. The number of amides is 1. The Morgan fingerprint density at radius 2 is 1.79 bits per heavy atom. The summed E-state index contributed by atoms with van der Waals surface area (Å²) in [6.07, 6.45) is -3.73. The summed E-state index contributed by atoms with van der Waals surface area (Å²) >= 11 is 0. The van der Waals surface area contributed by atoms with Crippen LogP contribution in [0.4, 0.5) is 13.2 Å². The van der Waals surface area contributed by atoms with E-state index in [1.807, 2.05) is 42.5 Å². The fraction of sp³-hybridized carbons (Fsp3) is 0.174. The maximum atomic E-state index is 12.7. The van der Waals surface area contributed by atoms with E-state index >= 15 is 0 Å². The highest BCUT2D eigenvalue weighted by Gasteiger charge is 2.30. The third-order valence-corrected chi connectivity index (χ3v) is 4.11. The Bertz CT molecular complexity index is 1030. The van der Waals surface area contributed by atoms with Gasteiger partial charge in [-0.25, -0.2) is 0 Å². The van der Waals surface area contributed by atoms with Gasteiger partial charge in [0.2, 0.25) is 5.91 Å². The van der Waals surface area contributed by atoms with Gasteiger partial charge in [0.05, 0.1) is 12.1 Å². The lowest BCUT2D eigenvalue weighted by Gasteiger charge is -2.05. The Morgan fingerprint density at radius 3 is 2.55 bits per heavy atom. The van der Waals surface area contributed by atoms with Crippen molar-refractivity contribution in [3.8, 4) is 23.2 Å². The van der Waals surface area contributed by atoms with E-state index in [0.717, 1.165) is 23.5 Å². The maximum absolute atomic E-state index is 12.7. The minimum atomic E-state index is -4.40. The second kappa shape index (κ2) is 9.16. The van der Waals surface area contributed by atoms with Gasteiger partial charge in [-0.2, -0.15) is 13.2 Å². The van der Waals surface area contributed by atoms with E-state index in [0.29, 0.717) is 12.2 Å². The highest BCUT2D eigenvalue weighted by Crippen LogP contribution is 2.29. The number of rotatable bonds is 5. The molecule has 2 aromatic carbocycles. The minimum absolute atomic E-state index is 0.0580. The number of furan rings is 1. The number of carbonyl (C=O) groups is 1. The molecule has 0 radical (unpaired) electrons. The molecule has 1 N–H and O–H groups in total. The van der Waals surface area contributed by atoms with E-state index in [1.54, 1.807) is 0 Å². The first kappa shape index (κ1) is 20.3. The van der Waals surface area contributed by atoms with E-state index in [-0.39, 0.29) is 24.4 Å². The average molecular weight is 397 g/mol. The van der Waals surface area contributed by atoms with E-state index in [2.05, 4.69) is 17.2 Å². The summed E-state index contributed by atoms with van der Waals surface area (Å²) in [5.74, 6) is 6.53. The van der Waals surface area contributed by atoms with Crippen molar-refractivity contribution in [2.45, 2.75) is 19.0 Å². The summed E-state index contributed by atoms with van der Waals surface area (Å²) in [6, 6.07) is 18.1. The van der Waals surface area contributed by atoms with Crippen molar-refractivity contribution in [3.05, 3.63) is 83.6 Å². The summed E-state index contributed by atoms with van der Waals surface area (Å²) in [4.78, 5) is 11.9. The Balaban J connectivity index is 1.46. The zero-order valence-electron chi connectivity index (χ0n) is 15.4. The molecule has 0 aliphatic carbocycles. The number of carbonyl (C=O) groups excluding carboxylic acids is 1. The normalized spacial score (nSPS) is 10.9. The van der Waals surface area contributed by atoms with Crippen LogP contribution in [0, 0.1) is 11.8 Å². The molecule has 0 aliphatic heterocycles. The summed E-state index contributed by atoms with van der Waals surface area (Å²) < 4.78 is 43.8. The van der Waals surface area contributed by atoms with Crippen LogP contribution >= 0.6 is 0 Å². The zero-order chi connectivity index (χ0) is 20.7. The lowest BCUT2D eigenvalue weighted by atomic mass is 10.1. The topological polar surface area (TPSA) is 42.2 Å². The van der Waals surface area contributed by atoms with Gasteiger partial charge in [-0.1, -0.05) is 48.2 Å². The van der Waals surface area contributed by atoms with Gasteiger partial charge in [-0.3, -0.25) is 4.79 Å². The molecule has 148 valence electrons. The minimum Gasteiger partial charge on any atom is -0.461 e. The number of halogens is 3. The summed E-state index contributed by atoms with van der Waals surface area (Å²) in [5.41, 5.74) is 0.466. The molecule has 0 saturated heterocycles. The molecule has 3 rings (SSSR count). The van der Waals surface area contributed by atoms with Crippen LogP contribution in [0.3, 0.4) is 0 Å². The molecule has 0 saturated carbocycles. The molecular weight excluding hydrogens is 379 g/mol. The standard InChI is InChI=1S/C23H18F3NO2/c24-23(25,26)19-10-4-6-17(16-19)7-5-15-27-22(28)14-12-20-11-13-21(29-20)18-8-2-1-3-9-18/h1-4,6,8-11,13,16H,12,14-15H2,(H,27,28). The van der Waals surface area contributed by atoms with E-state index < -0.39 is 11.7 Å². The molecule has 0 unspecified atom stereocenters. The van der Waals surface area contributed by atoms with Crippen molar-refractivity contribution in [3.63, 3.8) is 0 Å². The fourth-order valence-electron chi connectivity index (χ4n) is 2.66. The molecular formula is C23H18F3NO2. The molecule has 6 heteroatoms. The van der Waals surface area contributed by atoms with Gasteiger partial charge in [0, 0.05) is 24.0 Å². The van der Waals surface area contributed by atoms with Crippen LogP contribution in [0.25, 0.3) is 11.3 Å². The Morgan fingerprint density at radius 1 is 1.00 bits per heavy atom. The lowest BCUT2D eigenvalue weighted by Crippen LogP contribution is -2.23. The Kier molecular flexibility index (Phi) is 6.40. The van der Waals surface area contributed by atoms with Crippen LogP contribution < -0.4 is 5.32 Å². The number of hydrogen-bond donors (Lipinski definition) is 1. The van der Waals surface area contributed by atoms with Crippen LogP contribution in [0.1, 0.15) is 23.3 Å². The number of benzene rings is 2. The van der Waals surface area contributed by atoms with Crippen molar-refractivity contribution in [2.75, 3.05) is 6.54 Å². The maximum Gasteiger partial charge on any atom is 0.416 e. The predicted molar refractivity (Wildman–Crippen MR) is 104 cm³/mol. The smallest absolute Gasteiger partial charge is 0.416 e.